The van der Waals surface area contributed by atoms with Gasteiger partial charge in [-0.2, -0.15) is 0 Å². The Morgan fingerprint density at radius 2 is 2.17 bits per heavy atom. The molecule has 0 radical (unpaired) electrons. The van der Waals surface area contributed by atoms with Crippen LogP contribution in [-0.4, -0.2) is 23.6 Å². The number of nitrogens with two attached hydrogens (primary N) is 1. The third-order valence-electron chi connectivity index (χ3n) is 3.51. The van der Waals surface area contributed by atoms with Crippen LogP contribution in [-0.2, 0) is 0 Å². The molecule has 6 heteroatoms. The van der Waals surface area contributed by atoms with E-state index in [0.717, 1.165) is 12.5 Å². The van der Waals surface area contributed by atoms with Gasteiger partial charge in [0.25, 0.3) is 0 Å². The van der Waals surface area contributed by atoms with Crippen LogP contribution in [0, 0.1) is 11.8 Å². The van der Waals surface area contributed by atoms with Crippen LogP contribution in [0.25, 0.3) is 0 Å². The Bertz CT molecular complexity index is 398. The summed E-state index contributed by atoms with van der Waals surface area (Å²) in [5.74, 6) is 8.69. The minimum atomic E-state index is 0.495. The fourth-order valence-electron chi connectivity index (χ4n) is 2.55. The molecule has 0 aliphatic heterocycles. The van der Waals surface area contributed by atoms with Gasteiger partial charge < -0.3 is 15.5 Å². The SMILES string of the molecule is COc1c(NN)ncnc1NCC1CCC(C)C1. The molecule has 100 valence electrons. The first-order valence-corrected chi connectivity index (χ1v) is 6.34. The van der Waals surface area contributed by atoms with Crippen LogP contribution in [0.4, 0.5) is 11.6 Å². The molecule has 2 unspecified atom stereocenters. The highest BCUT2D eigenvalue weighted by atomic mass is 16.5. The molecular weight excluding hydrogens is 230 g/mol. The lowest BCUT2D eigenvalue weighted by Crippen LogP contribution is -2.15. The Kier molecular flexibility index (Phi) is 4.19. The molecule has 4 N–H and O–H groups in total. The van der Waals surface area contributed by atoms with E-state index < -0.39 is 0 Å². The molecule has 6 nitrogen and oxygen atoms in total. The summed E-state index contributed by atoms with van der Waals surface area (Å²) in [7, 11) is 1.59. The summed E-state index contributed by atoms with van der Waals surface area (Å²) in [6.45, 7) is 3.23. The molecule has 0 aromatic carbocycles. The average molecular weight is 251 g/mol. The number of nitrogens with one attached hydrogen (secondary N) is 2. The van der Waals surface area contributed by atoms with E-state index in [2.05, 4.69) is 27.6 Å². The molecule has 1 aromatic heterocycles. The van der Waals surface area contributed by atoms with Gasteiger partial charge in [-0.05, 0) is 24.7 Å². The van der Waals surface area contributed by atoms with E-state index in [0.29, 0.717) is 23.3 Å². The number of ether oxygens (including phenoxy) is 1. The van der Waals surface area contributed by atoms with Gasteiger partial charge in [-0.1, -0.05) is 13.3 Å². The molecule has 18 heavy (non-hydrogen) atoms. The Labute approximate surface area is 107 Å². The summed E-state index contributed by atoms with van der Waals surface area (Å²) in [5, 5.41) is 3.33. The van der Waals surface area contributed by atoms with Crippen molar-refractivity contribution in [3.05, 3.63) is 6.33 Å². The molecule has 2 rings (SSSR count). The Morgan fingerprint density at radius 3 is 2.78 bits per heavy atom. The minimum Gasteiger partial charge on any atom is -0.490 e. The molecule has 1 aliphatic carbocycles. The Balaban J connectivity index is 2.00. The van der Waals surface area contributed by atoms with Crippen molar-refractivity contribution in [3.8, 4) is 5.75 Å². The third kappa shape index (κ3) is 2.81. The fraction of sp³-hybridized carbons (Fsp3) is 0.667. The summed E-state index contributed by atoms with van der Waals surface area (Å²) in [6, 6.07) is 0. The maximum atomic E-state index is 5.38. The zero-order valence-corrected chi connectivity index (χ0v) is 10.9. The lowest BCUT2D eigenvalue weighted by molar-refractivity contribution is 0.414. The second-order valence-electron chi connectivity index (χ2n) is 4.91. The normalized spacial score (nSPS) is 22.8. The van der Waals surface area contributed by atoms with Crippen molar-refractivity contribution >= 4 is 11.6 Å². The van der Waals surface area contributed by atoms with E-state index in [4.69, 9.17) is 10.6 Å². The number of hydrogen-bond donors (Lipinski definition) is 3. The van der Waals surface area contributed by atoms with Gasteiger partial charge in [0.1, 0.15) is 6.33 Å². The minimum absolute atomic E-state index is 0.495. The van der Waals surface area contributed by atoms with Gasteiger partial charge in [0, 0.05) is 6.54 Å². The number of nitrogen functional groups attached to an aromatic ring is 1. The molecule has 1 fully saturated rings. The quantitative estimate of drug-likeness (QED) is 0.544. The van der Waals surface area contributed by atoms with Crippen LogP contribution in [0.3, 0.4) is 0 Å². The summed E-state index contributed by atoms with van der Waals surface area (Å²) in [4.78, 5) is 8.20. The standard InChI is InChI=1S/C12H21N5O/c1-8-3-4-9(5-8)6-14-11-10(18-2)12(17-13)16-7-15-11/h7-9H,3-6,13H2,1-2H3,(H2,14,15,16,17). The average Bonchev–Trinajstić information content (AvgIpc) is 2.81. The van der Waals surface area contributed by atoms with Crippen LogP contribution < -0.4 is 21.3 Å². The van der Waals surface area contributed by atoms with E-state index in [1.807, 2.05) is 0 Å². The van der Waals surface area contributed by atoms with Crippen LogP contribution >= 0.6 is 0 Å². The van der Waals surface area contributed by atoms with Crippen molar-refractivity contribution < 1.29 is 4.74 Å². The topological polar surface area (TPSA) is 85.1 Å². The number of rotatable bonds is 5. The lowest BCUT2D eigenvalue weighted by Gasteiger charge is -2.15. The van der Waals surface area contributed by atoms with E-state index in [1.54, 1.807) is 7.11 Å². The zero-order valence-electron chi connectivity index (χ0n) is 10.9. The molecule has 0 saturated heterocycles. The van der Waals surface area contributed by atoms with Gasteiger partial charge in [-0.3, -0.25) is 0 Å². The molecule has 2 atom stereocenters. The van der Waals surface area contributed by atoms with Gasteiger partial charge in [0.05, 0.1) is 7.11 Å². The second kappa shape index (κ2) is 5.86. The first kappa shape index (κ1) is 12.9. The summed E-state index contributed by atoms with van der Waals surface area (Å²) < 4.78 is 5.27. The van der Waals surface area contributed by atoms with E-state index in [1.165, 1.54) is 25.6 Å². The number of hydrogen-bond acceptors (Lipinski definition) is 6. The molecule has 1 heterocycles. The van der Waals surface area contributed by atoms with Crippen LogP contribution in [0.15, 0.2) is 6.33 Å². The molecule has 0 amide bonds. The predicted octanol–water partition coefficient (Wildman–Crippen LogP) is 1.62. The van der Waals surface area contributed by atoms with Gasteiger partial charge in [0.15, 0.2) is 11.6 Å². The number of methoxy groups -OCH3 is 1. The Morgan fingerprint density at radius 1 is 1.39 bits per heavy atom. The Hall–Kier alpha value is -1.56. The summed E-state index contributed by atoms with van der Waals surface area (Å²) in [5.41, 5.74) is 2.51. The molecule has 1 saturated carbocycles. The molecular formula is C12H21N5O. The first-order valence-electron chi connectivity index (χ1n) is 6.34. The van der Waals surface area contributed by atoms with Crippen molar-refractivity contribution in [1.82, 2.24) is 9.97 Å². The van der Waals surface area contributed by atoms with Crippen LogP contribution in [0.5, 0.6) is 5.75 Å². The summed E-state index contributed by atoms with van der Waals surface area (Å²) >= 11 is 0. The number of hydrazine groups is 1. The van der Waals surface area contributed by atoms with Gasteiger partial charge in [-0.15, -0.1) is 0 Å². The van der Waals surface area contributed by atoms with E-state index in [-0.39, 0.29) is 0 Å². The van der Waals surface area contributed by atoms with Crippen molar-refractivity contribution in [2.45, 2.75) is 26.2 Å². The lowest BCUT2D eigenvalue weighted by atomic mass is 10.1. The maximum Gasteiger partial charge on any atom is 0.205 e. The molecule has 1 aromatic rings. The van der Waals surface area contributed by atoms with Crippen LogP contribution in [0.2, 0.25) is 0 Å². The molecule has 0 spiro atoms. The van der Waals surface area contributed by atoms with Gasteiger partial charge >= 0.3 is 0 Å². The van der Waals surface area contributed by atoms with Gasteiger partial charge in [0.2, 0.25) is 5.75 Å². The van der Waals surface area contributed by atoms with Crippen molar-refractivity contribution in [2.24, 2.45) is 17.7 Å². The second-order valence-corrected chi connectivity index (χ2v) is 4.91. The molecule has 1 aliphatic rings. The highest BCUT2D eigenvalue weighted by Gasteiger charge is 2.21. The fourth-order valence-corrected chi connectivity index (χ4v) is 2.55. The van der Waals surface area contributed by atoms with Crippen LogP contribution in [0.1, 0.15) is 26.2 Å². The van der Waals surface area contributed by atoms with Crippen molar-refractivity contribution in [2.75, 3.05) is 24.4 Å². The largest absolute Gasteiger partial charge is 0.490 e. The molecule has 0 bridgehead atoms. The first-order chi connectivity index (χ1) is 8.74. The van der Waals surface area contributed by atoms with Crippen molar-refractivity contribution in [1.29, 1.82) is 0 Å². The third-order valence-corrected chi connectivity index (χ3v) is 3.51. The monoisotopic (exact) mass is 251 g/mol. The number of nitrogens with zero attached hydrogens (tertiary/aromatic N) is 2. The highest BCUT2D eigenvalue weighted by Crippen LogP contribution is 2.32. The number of anilines is 2. The maximum absolute atomic E-state index is 5.38. The highest BCUT2D eigenvalue weighted by molar-refractivity contribution is 5.62. The van der Waals surface area contributed by atoms with Crippen molar-refractivity contribution in [3.63, 3.8) is 0 Å². The van der Waals surface area contributed by atoms with Gasteiger partial charge in [-0.25, -0.2) is 15.8 Å². The predicted molar refractivity (Wildman–Crippen MR) is 71.4 cm³/mol. The number of aromatic nitrogens is 2. The van der Waals surface area contributed by atoms with E-state index >= 15 is 0 Å². The van der Waals surface area contributed by atoms with E-state index in [9.17, 15) is 0 Å². The summed E-state index contributed by atoms with van der Waals surface area (Å²) in [6.07, 6.45) is 5.35. The smallest absolute Gasteiger partial charge is 0.205 e. The zero-order chi connectivity index (χ0) is 13.0.